The Morgan fingerprint density at radius 1 is 1.27 bits per heavy atom. The number of hydrogen-bond donors (Lipinski definition) is 1. The first kappa shape index (κ1) is 17.3. The molecule has 1 atom stereocenters. The first-order chi connectivity index (χ1) is 12.8. The normalized spacial score (nSPS) is 17.0. The lowest BCUT2D eigenvalue weighted by atomic mass is 9.91. The molecule has 2 aromatic carbocycles. The molecule has 2 aliphatic heterocycles. The van der Waals surface area contributed by atoms with Gasteiger partial charge >= 0.3 is 0 Å². The lowest BCUT2D eigenvalue weighted by Crippen LogP contribution is -2.28. The fourth-order valence-electron chi connectivity index (χ4n) is 3.59. The van der Waals surface area contributed by atoms with Crippen molar-refractivity contribution in [3.05, 3.63) is 59.2 Å². The van der Waals surface area contributed by atoms with Crippen LogP contribution in [0.2, 0.25) is 0 Å². The topological polar surface area (TPSA) is 42.8 Å². The van der Waals surface area contributed by atoms with Crippen molar-refractivity contribution in [2.45, 2.75) is 25.3 Å². The maximum atomic E-state index is 5.89. The Kier molecular flexibility index (Phi) is 5.34. The summed E-state index contributed by atoms with van der Waals surface area (Å²) in [7, 11) is 1.71. The second-order valence-electron chi connectivity index (χ2n) is 6.56. The zero-order valence-electron chi connectivity index (χ0n) is 15.0. The van der Waals surface area contributed by atoms with Gasteiger partial charge in [0.15, 0.2) is 5.17 Å². The van der Waals surface area contributed by atoms with Gasteiger partial charge in [-0.15, -0.1) is 0 Å². The zero-order chi connectivity index (χ0) is 17.8. The van der Waals surface area contributed by atoms with E-state index in [2.05, 4.69) is 46.7 Å². The number of ether oxygens (including phenoxy) is 2. The van der Waals surface area contributed by atoms with E-state index in [1.807, 2.05) is 6.07 Å². The molecule has 0 radical (unpaired) electrons. The minimum atomic E-state index is 0.170. The Bertz CT molecular complexity index is 806. The van der Waals surface area contributed by atoms with Crippen molar-refractivity contribution in [1.82, 2.24) is 5.32 Å². The maximum absolute atomic E-state index is 5.89. The quantitative estimate of drug-likeness (QED) is 0.866. The second kappa shape index (κ2) is 8.04. The molecule has 136 valence electrons. The van der Waals surface area contributed by atoms with Crippen molar-refractivity contribution in [2.24, 2.45) is 4.99 Å². The monoisotopic (exact) mass is 368 g/mol. The van der Waals surface area contributed by atoms with Gasteiger partial charge in [0.1, 0.15) is 11.5 Å². The Labute approximate surface area is 159 Å². The third kappa shape index (κ3) is 3.83. The molecule has 2 aliphatic rings. The Morgan fingerprint density at radius 3 is 3.04 bits per heavy atom. The molecule has 0 aliphatic carbocycles. The van der Waals surface area contributed by atoms with E-state index >= 15 is 0 Å². The fourth-order valence-corrected chi connectivity index (χ4v) is 4.37. The molecule has 0 saturated carbocycles. The first-order valence-electron chi connectivity index (χ1n) is 9.15. The second-order valence-corrected chi connectivity index (χ2v) is 7.65. The maximum Gasteiger partial charge on any atom is 0.157 e. The van der Waals surface area contributed by atoms with Crippen molar-refractivity contribution in [1.29, 1.82) is 0 Å². The van der Waals surface area contributed by atoms with Crippen LogP contribution >= 0.6 is 11.8 Å². The van der Waals surface area contributed by atoms with Gasteiger partial charge in [-0.2, -0.15) is 0 Å². The third-order valence-corrected chi connectivity index (χ3v) is 5.74. The van der Waals surface area contributed by atoms with Gasteiger partial charge in [0, 0.05) is 5.75 Å². The molecular weight excluding hydrogens is 344 g/mol. The highest BCUT2D eigenvalue weighted by atomic mass is 32.2. The molecule has 0 aromatic heterocycles. The molecule has 2 heterocycles. The number of methoxy groups -OCH3 is 1. The van der Waals surface area contributed by atoms with Gasteiger partial charge in [-0.1, -0.05) is 36.0 Å². The molecule has 26 heavy (non-hydrogen) atoms. The van der Waals surface area contributed by atoms with E-state index in [4.69, 9.17) is 9.47 Å². The van der Waals surface area contributed by atoms with E-state index in [-0.39, 0.29) is 6.04 Å². The van der Waals surface area contributed by atoms with Gasteiger partial charge in [-0.3, -0.25) is 4.99 Å². The minimum Gasteiger partial charge on any atom is -0.497 e. The molecule has 0 bridgehead atoms. The van der Waals surface area contributed by atoms with Crippen molar-refractivity contribution in [3.8, 4) is 11.5 Å². The van der Waals surface area contributed by atoms with Crippen molar-refractivity contribution >= 4 is 16.9 Å². The van der Waals surface area contributed by atoms with Gasteiger partial charge in [-0.05, 0) is 54.2 Å². The predicted molar refractivity (Wildman–Crippen MR) is 108 cm³/mol. The predicted octanol–water partition coefficient (Wildman–Crippen LogP) is 4.00. The molecule has 2 aromatic rings. The summed E-state index contributed by atoms with van der Waals surface area (Å²) >= 11 is 1.80. The molecule has 0 fully saturated rings. The van der Waals surface area contributed by atoms with Crippen LogP contribution in [0.3, 0.4) is 0 Å². The SMILES string of the molecule is COc1cccc(CC(NC2=NCCS2)c2cccc3c2CCCO3)c1. The number of amidine groups is 1. The molecule has 5 heteroatoms. The first-order valence-corrected chi connectivity index (χ1v) is 10.1. The summed E-state index contributed by atoms with van der Waals surface area (Å²) in [5.74, 6) is 2.99. The molecule has 4 rings (SSSR count). The number of nitrogens with zero attached hydrogens (tertiary/aromatic N) is 1. The highest BCUT2D eigenvalue weighted by Crippen LogP contribution is 2.33. The zero-order valence-corrected chi connectivity index (χ0v) is 15.8. The highest BCUT2D eigenvalue weighted by Gasteiger charge is 2.23. The number of rotatable bonds is 5. The Balaban J connectivity index is 1.66. The number of thioether (sulfide) groups is 1. The summed E-state index contributed by atoms with van der Waals surface area (Å²) < 4.78 is 11.3. The van der Waals surface area contributed by atoms with Crippen LogP contribution in [0, 0.1) is 0 Å². The van der Waals surface area contributed by atoms with Gasteiger partial charge < -0.3 is 14.8 Å². The number of hydrogen-bond acceptors (Lipinski definition) is 5. The lowest BCUT2D eigenvalue weighted by molar-refractivity contribution is 0.286. The average Bonchev–Trinajstić information content (AvgIpc) is 3.20. The minimum absolute atomic E-state index is 0.170. The highest BCUT2D eigenvalue weighted by molar-refractivity contribution is 8.14. The average molecular weight is 369 g/mol. The molecule has 1 N–H and O–H groups in total. The van der Waals surface area contributed by atoms with Crippen LogP contribution in [-0.2, 0) is 12.8 Å². The van der Waals surface area contributed by atoms with E-state index in [0.717, 1.165) is 54.8 Å². The largest absolute Gasteiger partial charge is 0.497 e. The number of fused-ring (bicyclic) bond motifs is 1. The summed E-state index contributed by atoms with van der Waals surface area (Å²) in [6.45, 7) is 1.71. The van der Waals surface area contributed by atoms with Gasteiger partial charge in [0.25, 0.3) is 0 Å². The van der Waals surface area contributed by atoms with Gasteiger partial charge in [0.05, 0.1) is 26.3 Å². The van der Waals surface area contributed by atoms with Gasteiger partial charge in [0.2, 0.25) is 0 Å². The van der Waals surface area contributed by atoms with Crippen LogP contribution in [0.4, 0.5) is 0 Å². The standard InChI is InChI=1S/C21H24N2O2S/c1-24-16-6-2-5-15(13-16)14-19(23-21-22-10-12-26-21)17-7-3-9-20-18(17)8-4-11-25-20/h2-3,5-7,9,13,19H,4,8,10-12,14H2,1H3,(H,22,23). The van der Waals surface area contributed by atoms with Crippen LogP contribution in [0.15, 0.2) is 47.5 Å². The van der Waals surface area contributed by atoms with Crippen LogP contribution in [0.1, 0.15) is 29.2 Å². The number of benzene rings is 2. The van der Waals surface area contributed by atoms with E-state index in [9.17, 15) is 0 Å². The lowest BCUT2D eigenvalue weighted by Gasteiger charge is -2.26. The fraction of sp³-hybridized carbons (Fsp3) is 0.381. The molecule has 1 unspecified atom stereocenters. The molecular formula is C21H24N2O2S. The summed E-state index contributed by atoms with van der Waals surface area (Å²) in [6, 6.07) is 14.9. The third-order valence-electron chi connectivity index (χ3n) is 4.83. The van der Waals surface area contributed by atoms with Crippen molar-refractivity contribution < 1.29 is 9.47 Å². The van der Waals surface area contributed by atoms with Gasteiger partial charge in [-0.25, -0.2) is 0 Å². The van der Waals surface area contributed by atoms with Crippen molar-refractivity contribution in [3.63, 3.8) is 0 Å². The summed E-state index contributed by atoms with van der Waals surface area (Å²) in [6.07, 6.45) is 3.03. The Hall–Kier alpha value is -2.14. The van der Waals surface area contributed by atoms with Crippen LogP contribution in [0.25, 0.3) is 0 Å². The van der Waals surface area contributed by atoms with Crippen LogP contribution < -0.4 is 14.8 Å². The van der Waals surface area contributed by atoms with E-state index < -0.39 is 0 Å². The van der Waals surface area contributed by atoms with Crippen LogP contribution in [0.5, 0.6) is 11.5 Å². The Morgan fingerprint density at radius 2 is 2.19 bits per heavy atom. The molecule has 0 amide bonds. The van der Waals surface area contributed by atoms with Crippen molar-refractivity contribution in [2.75, 3.05) is 26.0 Å². The van der Waals surface area contributed by atoms with E-state index in [0.29, 0.717) is 0 Å². The number of nitrogens with one attached hydrogen (secondary N) is 1. The molecule has 4 nitrogen and oxygen atoms in total. The molecule has 0 saturated heterocycles. The molecule has 0 spiro atoms. The smallest absolute Gasteiger partial charge is 0.157 e. The van der Waals surface area contributed by atoms with E-state index in [1.54, 1.807) is 18.9 Å². The summed E-state index contributed by atoms with van der Waals surface area (Å²) in [5.41, 5.74) is 3.91. The summed E-state index contributed by atoms with van der Waals surface area (Å²) in [4.78, 5) is 4.60. The summed E-state index contributed by atoms with van der Waals surface area (Å²) in [5, 5.41) is 4.73. The van der Waals surface area contributed by atoms with E-state index in [1.165, 1.54) is 16.7 Å². The number of aliphatic imine (C=N–C) groups is 1. The van der Waals surface area contributed by atoms with Crippen LogP contribution in [-0.4, -0.2) is 31.2 Å².